The topological polar surface area (TPSA) is 97.7 Å². The molecule has 8 nitrogen and oxygen atoms in total. The SMILES string of the molecule is COc1ccc(S(=O)(=O)N2CCCCC2)cc1NC(=O)Cn1c(C)csc1=O. The lowest BCUT2D eigenvalue weighted by atomic mass is 10.2. The van der Waals surface area contributed by atoms with Crippen molar-refractivity contribution in [2.45, 2.75) is 37.6 Å². The number of aromatic nitrogens is 1. The van der Waals surface area contributed by atoms with Crippen molar-refractivity contribution in [1.82, 2.24) is 8.87 Å². The number of hydrogen-bond acceptors (Lipinski definition) is 6. The van der Waals surface area contributed by atoms with Crippen LogP contribution in [0.5, 0.6) is 5.75 Å². The molecule has 0 atom stereocenters. The van der Waals surface area contributed by atoms with Gasteiger partial charge in [0.15, 0.2) is 0 Å². The fourth-order valence-electron chi connectivity index (χ4n) is 3.13. The average molecular weight is 426 g/mol. The van der Waals surface area contributed by atoms with Gasteiger partial charge >= 0.3 is 4.87 Å². The number of piperidine rings is 1. The van der Waals surface area contributed by atoms with Gasteiger partial charge in [0.1, 0.15) is 12.3 Å². The Hall–Kier alpha value is -2.17. The second-order valence-electron chi connectivity index (χ2n) is 6.60. The predicted octanol–water partition coefficient (Wildman–Crippen LogP) is 2.04. The molecule has 152 valence electrons. The van der Waals surface area contributed by atoms with E-state index in [0.29, 0.717) is 24.5 Å². The zero-order valence-corrected chi connectivity index (χ0v) is 17.4. The minimum Gasteiger partial charge on any atom is -0.495 e. The molecule has 0 saturated carbocycles. The molecule has 3 rings (SSSR count). The Kier molecular flexibility index (Phi) is 6.21. The van der Waals surface area contributed by atoms with Gasteiger partial charge in [-0.1, -0.05) is 17.8 Å². The average Bonchev–Trinajstić information content (AvgIpc) is 3.00. The first kappa shape index (κ1) is 20.6. The molecule has 1 amide bonds. The summed E-state index contributed by atoms with van der Waals surface area (Å²) < 4.78 is 33.9. The summed E-state index contributed by atoms with van der Waals surface area (Å²) in [6.07, 6.45) is 2.71. The van der Waals surface area contributed by atoms with Crippen molar-refractivity contribution in [2.24, 2.45) is 0 Å². The Labute approximate surface area is 167 Å². The molecule has 0 radical (unpaired) electrons. The predicted molar refractivity (Wildman–Crippen MR) is 108 cm³/mol. The van der Waals surface area contributed by atoms with Crippen LogP contribution >= 0.6 is 11.3 Å². The zero-order valence-electron chi connectivity index (χ0n) is 15.8. The summed E-state index contributed by atoms with van der Waals surface area (Å²) in [6.45, 7) is 2.59. The smallest absolute Gasteiger partial charge is 0.307 e. The second-order valence-corrected chi connectivity index (χ2v) is 9.36. The van der Waals surface area contributed by atoms with Gasteiger partial charge in [-0.05, 0) is 38.0 Å². The number of thiazole rings is 1. The van der Waals surface area contributed by atoms with E-state index < -0.39 is 15.9 Å². The standard InChI is InChI=1S/C18H23N3O5S2/c1-13-12-27-18(23)21(13)11-17(22)19-15-10-14(6-7-16(15)26-2)28(24,25)20-8-4-3-5-9-20/h6-7,10,12H,3-5,8-9,11H2,1-2H3,(H,19,22). The van der Waals surface area contributed by atoms with Gasteiger partial charge in [-0.15, -0.1) is 0 Å². The Balaban J connectivity index is 1.85. The lowest BCUT2D eigenvalue weighted by molar-refractivity contribution is -0.116. The van der Waals surface area contributed by atoms with E-state index >= 15 is 0 Å². The zero-order chi connectivity index (χ0) is 20.3. The number of carbonyl (C=O) groups is 1. The summed E-state index contributed by atoms with van der Waals surface area (Å²) in [5.41, 5.74) is 0.949. The first-order valence-corrected chi connectivity index (χ1v) is 11.3. The summed E-state index contributed by atoms with van der Waals surface area (Å²) in [6, 6.07) is 4.41. The minimum absolute atomic E-state index is 0.106. The largest absolute Gasteiger partial charge is 0.495 e. The molecule has 10 heteroatoms. The maximum atomic E-state index is 12.9. The van der Waals surface area contributed by atoms with Crippen molar-refractivity contribution in [2.75, 3.05) is 25.5 Å². The number of rotatable bonds is 6. The van der Waals surface area contributed by atoms with Crippen LogP contribution in [0.25, 0.3) is 0 Å². The molecular formula is C18H23N3O5S2. The molecule has 2 heterocycles. The molecule has 0 bridgehead atoms. The van der Waals surface area contributed by atoms with E-state index in [1.165, 1.54) is 34.2 Å². The van der Waals surface area contributed by atoms with Gasteiger partial charge in [-0.3, -0.25) is 14.2 Å². The first-order valence-electron chi connectivity index (χ1n) is 8.96. The lowest BCUT2D eigenvalue weighted by Gasteiger charge is -2.26. The number of methoxy groups -OCH3 is 1. The third-order valence-corrected chi connectivity index (χ3v) is 7.45. The van der Waals surface area contributed by atoms with Crippen LogP contribution in [0.4, 0.5) is 5.69 Å². The molecule has 0 aliphatic carbocycles. The van der Waals surface area contributed by atoms with Crippen molar-refractivity contribution in [3.05, 3.63) is 38.9 Å². The van der Waals surface area contributed by atoms with E-state index in [1.807, 2.05) is 0 Å². The van der Waals surface area contributed by atoms with E-state index in [1.54, 1.807) is 12.3 Å². The van der Waals surface area contributed by atoms with Crippen LogP contribution in [0.3, 0.4) is 0 Å². The molecule has 1 aromatic carbocycles. The van der Waals surface area contributed by atoms with Gasteiger partial charge in [-0.2, -0.15) is 4.31 Å². The van der Waals surface area contributed by atoms with E-state index in [2.05, 4.69) is 5.32 Å². The minimum atomic E-state index is -3.64. The van der Waals surface area contributed by atoms with Gasteiger partial charge < -0.3 is 10.1 Å². The molecule has 0 unspecified atom stereocenters. The van der Waals surface area contributed by atoms with E-state index in [0.717, 1.165) is 30.6 Å². The highest BCUT2D eigenvalue weighted by atomic mass is 32.2. The molecule has 1 aliphatic rings. The van der Waals surface area contributed by atoms with Crippen LogP contribution in [0.1, 0.15) is 25.0 Å². The van der Waals surface area contributed by atoms with Crippen molar-refractivity contribution in [3.63, 3.8) is 0 Å². The quantitative estimate of drug-likeness (QED) is 0.764. The van der Waals surface area contributed by atoms with Gasteiger partial charge in [0, 0.05) is 24.2 Å². The fourth-order valence-corrected chi connectivity index (χ4v) is 5.41. The van der Waals surface area contributed by atoms with Crippen molar-refractivity contribution < 1.29 is 17.9 Å². The lowest BCUT2D eigenvalue weighted by Crippen LogP contribution is -2.35. The number of sulfonamides is 1. The van der Waals surface area contributed by atoms with Crippen LogP contribution in [0.2, 0.25) is 0 Å². The number of aryl methyl sites for hydroxylation is 1. The van der Waals surface area contributed by atoms with Crippen LogP contribution in [0.15, 0.2) is 33.3 Å². The van der Waals surface area contributed by atoms with Crippen molar-refractivity contribution in [3.8, 4) is 5.75 Å². The normalized spacial score (nSPS) is 15.4. The first-order chi connectivity index (χ1) is 13.3. The summed E-state index contributed by atoms with van der Waals surface area (Å²) >= 11 is 1.03. The third kappa shape index (κ3) is 4.29. The number of nitrogens with zero attached hydrogens (tertiary/aromatic N) is 2. The number of carbonyl (C=O) groups excluding carboxylic acids is 1. The van der Waals surface area contributed by atoms with Gasteiger partial charge in [-0.25, -0.2) is 8.42 Å². The summed E-state index contributed by atoms with van der Waals surface area (Å²) in [7, 11) is -2.19. The maximum absolute atomic E-state index is 12.9. The van der Waals surface area contributed by atoms with E-state index in [-0.39, 0.29) is 22.0 Å². The maximum Gasteiger partial charge on any atom is 0.307 e. The monoisotopic (exact) mass is 425 g/mol. The molecule has 1 saturated heterocycles. The number of hydrogen-bond donors (Lipinski definition) is 1. The Morgan fingerprint density at radius 1 is 1.25 bits per heavy atom. The Morgan fingerprint density at radius 3 is 2.57 bits per heavy atom. The Morgan fingerprint density at radius 2 is 1.96 bits per heavy atom. The number of nitrogens with one attached hydrogen (secondary N) is 1. The van der Waals surface area contributed by atoms with Gasteiger partial charge in [0.2, 0.25) is 15.9 Å². The molecule has 2 aromatic rings. The van der Waals surface area contributed by atoms with Crippen LogP contribution < -0.4 is 14.9 Å². The van der Waals surface area contributed by atoms with Crippen molar-refractivity contribution in [1.29, 1.82) is 0 Å². The van der Waals surface area contributed by atoms with E-state index in [9.17, 15) is 18.0 Å². The van der Waals surface area contributed by atoms with Gasteiger partial charge in [0.05, 0.1) is 17.7 Å². The molecular weight excluding hydrogens is 402 g/mol. The number of ether oxygens (including phenoxy) is 1. The molecule has 28 heavy (non-hydrogen) atoms. The molecule has 0 spiro atoms. The number of anilines is 1. The summed E-state index contributed by atoms with van der Waals surface area (Å²) in [5, 5.41) is 4.35. The number of benzene rings is 1. The highest BCUT2D eigenvalue weighted by Crippen LogP contribution is 2.30. The van der Waals surface area contributed by atoms with Crippen LogP contribution in [-0.4, -0.2) is 43.4 Å². The fraction of sp³-hybridized carbons (Fsp3) is 0.444. The second kappa shape index (κ2) is 8.46. The van der Waals surface area contributed by atoms with Crippen LogP contribution in [-0.2, 0) is 21.4 Å². The highest BCUT2D eigenvalue weighted by Gasteiger charge is 2.27. The summed E-state index contributed by atoms with van der Waals surface area (Å²) in [4.78, 5) is 24.1. The summed E-state index contributed by atoms with van der Waals surface area (Å²) in [5.74, 6) is -0.0882. The third-order valence-electron chi connectivity index (χ3n) is 4.68. The number of amides is 1. The molecule has 1 N–H and O–H groups in total. The highest BCUT2D eigenvalue weighted by molar-refractivity contribution is 7.89. The van der Waals surface area contributed by atoms with Crippen LogP contribution in [0, 0.1) is 6.92 Å². The molecule has 1 fully saturated rings. The molecule has 1 aromatic heterocycles. The van der Waals surface area contributed by atoms with Gasteiger partial charge in [0.25, 0.3) is 0 Å². The molecule has 1 aliphatic heterocycles. The Bertz CT molecular complexity index is 1020. The van der Waals surface area contributed by atoms with Crippen molar-refractivity contribution >= 4 is 33.0 Å². The van der Waals surface area contributed by atoms with E-state index in [4.69, 9.17) is 4.74 Å².